The Morgan fingerprint density at radius 3 is 1.88 bits per heavy atom. The van der Waals surface area contributed by atoms with E-state index in [-0.39, 0.29) is 6.04 Å². The lowest BCUT2D eigenvalue weighted by Crippen LogP contribution is -2.12. The summed E-state index contributed by atoms with van der Waals surface area (Å²) in [5.41, 5.74) is 4.56. The summed E-state index contributed by atoms with van der Waals surface area (Å²) in [6.45, 7) is 0. The third-order valence-corrected chi connectivity index (χ3v) is 4.54. The van der Waals surface area contributed by atoms with Crippen molar-refractivity contribution in [1.29, 1.82) is 0 Å². The molecule has 0 saturated carbocycles. The van der Waals surface area contributed by atoms with Crippen LogP contribution in [-0.2, 0) is 0 Å². The van der Waals surface area contributed by atoms with Crippen LogP contribution in [0.4, 0.5) is 0 Å². The Balaban J connectivity index is 1.63. The fourth-order valence-corrected chi connectivity index (χ4v) is 3.22. The van der Waals surface area contributed by atoms with Crippen LogP contribution in [0.25, 0.3) is 11.1 Å². The van der Waals surface area contributed by atoms with Crippen LogP contribution in [0.1, 0.15) is 23.6 Å². The van der Waals surface area contributed by atoms with Gasteiger partial charge in [0.1, 0.15) is 5.17 Å². The van der Waals surface area contributed by atoms with Gasteiger partial charge in [-0.1, -0.05) is 96.5 Å². The van der Waals surface area contributed by atoms with Crippen LogP contribution in [-0.4, -0.2) is 11.0 Å². The van der Waals surface area contributed by atoms with E-state index in [0.29, 0.717) is 17.4 Å². The maximum Gasteiger partial charge on any atom is 0.156 e. The van der Waals surface area contributed by atoms with Crippen molar-refractivity contribution in [2.45, 2.75) is 12.5 Å². The average molecular weight is 345 g/mol. The lowest BCUT2D eigenvalue weighted by atomic mass is 9.99. The molecule has 122 valence electrons. The number of nitrogens with zero attached hydrogens (tertiary/aromatic N) is 2. The Bertz CT molecular complexity index is 913. The molecule has 2 nitrogen and oxygen atoms in total. The zero-order valence-electron chi connectivity index (χ0n) is 13.6. The molecule has 3 heteroatoms. The van der Waals surface area contributed by atoms with Crippen molar-refractivity contribution in [3.63, 3.8) is 0 Å². The molecule has 1 aliphatic rings. The van der Waals surface area contributed by atoms with Crippen LogP contribution in [0.3, 0.4) is 0 Å². The Kier molecular flexibility index (Phi) is 4.45. The molecule has 1 atom stereocenters. The van der Waals surface area contributed by atoms with Crippen LogP contribution in [0.15, 0.2) is 94.9 Å². The van der Waals surface area contributed by atoms with Gasteiger partial charge in [-0.15, -0.1) is 0 Å². The molecule has 0 radical (unpaired) electrons. The van der Waals surface area contributed by atoms with E-state index < -0.39 is 0 Å². The minimum Gasteiger partial charge on any atom is -0.258 e. The minimum atomic E-state index is 0.00466. The highest BCUT2D eigenvalue weighted by Crippen LogP contribution is 2.29. The van der Waals surface area contributed by atoms with Crippen molar-refractivity contribution in [2.75, 3.05) is 0 Å². The summed E-state index contributed by atoms with van der Waals surface area (Å²) in [6, 6.07) is 28.9. The van der Waals surface area contributed by atoms with E-state index >= 15 is 0 Å². The molecule has 0 aliphatic carbocycles. The number of rotatable bonds is 3. The molecule has 0 amide bonds. The van der Waals surface area contributed by atoms with Gasteiger partial charge in [0.25, 0.3) is 0 Å². The first kappa shape index (κ1) is 15.8. The van der Waals surface area contributed by atoms with Gasteiger partial charge in [-0.25, -0.2) is 4.99 Å². The molecule has 4 rings (SSSR count). The van der Waals surface area contributed by atoms with Gasteiger partial charge in [0.2, 0.25) is 0 Å². The smallest absolute Gasteiger partial charge is 0.156 e. The summed E-state index contributed by atoms with van der Waals surface area (Å²) in [5, 5.41) is 0.603. The van der Waals surface area contributed by atoms with Gasteiger partial charge in [-0.05, 0) is 16.7 Å². The van der Waals surface area contributed by atoms with E-state index in [1.807, 2.05) is 36.4 Å². The lowest BCUT2D eigenvalue weighted by molar-refractivity contribution is 0.759. The molecule has 1 heterocycles. The van der Waals surface area contributed by atoms with Gasteiger partial charge in [0.05, 0.1) is 6.04 Å². The predicted molar refractivity (Wildman–Crippen MR) is 106 cm³/mol. The van der Waals surface area contributed by atoms with E-state index in [4.69, 9.17) is 16.6 Å². The van der Waals surface area contributed by atoms with Gasteiger partial charge >= 0.3 is 0 Å². The van der Waals surface area contributed by atoms with Crippen molar-refractivity contribution in [2.24, 2.45) is 9.98 Å². The van der Waals surface area contributed by atoms with Crippen LogP contribution in [0.2, 0.25) is 0 Å². The van der Waals surface area contributed by atoms with E-state index in [1.54, 1.807) is 0 Å². The number of hydrogen-bond donors (Lipinski definition) is 0. The largest absolute Gasteiger partial charge is 0.258 e. The molecule has 0 aromatic heterocycles. The highest BCUT2D eigenvalue weighted by atomic mass is 35.5. The van der Waals surface area contributed by atoms with E-state index in [1.165, 1.54) is 11.1 Å². The number of halogens is 1. The Hall–Kier alpha value is -2.71. The first-order valence-electron chi connectivity index (χ1n) is 8.31. The molecule has 3 aromatic rings. The van der Waals surface area contributed by atoms with Crippen molar-refractivity contribution in [1.82, 2.24) is 0 Å². The summed E-state index contributed by atoms with van der Waals surface area (Å²) in [6.07, 6.45) is 0.641. The lowest BCUT2D eigenvalue weighted by Gasteiger charge is -2.18. The zero-order chi connectivity index (χ0) is 17.1. The second-order valence-corrected chi connectivity index (χ2v) is 6.45. The Labute approximate surface area is 152 Å². The van der Waals surface area contributed by atoms with Crippen molar-refractivity contribution >= 4 is 22.6 Å². The standard InChI is InChI=1S/C22H17ClN2/c23-21-15-20(24-22(25-21)19-9-5-2-6-10-19)18-13-11-17(12-14-18)16-7-3-1-4-8-16/h1-14,20H,15H2. The van der Waals surface area contributed by atoms with E-state index in [9.17, 15) is 0 Å². The maximum atomic E-state index is 6.30. The van der Waals surface area contributed by atoms with Gasteiger partial charge < -0.3 is 0 Å². The third kappa shape index (κ3) is 3.54. The van der Waals surface area contributed by atoms with Gasteiger partial charge in [-0.3, -0.25) is 4.99 Å². The van der Waals surface area contributed by atoms with Crippen molar-refractivity contribution in [3.8, 4) is 11.1 Å². The monoisotopic (exact) mass is 344 g/mol. The van der Waals surface area contributed by atoms with Crippen molar-refractivity contribution < 1.29 is 0 Å². The van der Waals surface area contributed by atoms with Crippen LogP contribution < -0.4 is 0 Å². The summed E-state index contributed by atoms with van der Waals surface area (Å²) in [5.74, 6) is 0.703. The molecular formula is C22H17ClN2. The highest BCUT2D eigenvalue weighted by Gasteiger charge is 2.19. The van der Waals surface area contributed by atoms with Crippen molar-refractivity contribution in [3.05, 3.63) is 96.1 Å². The Morgan fingerprint density at radius 1 is 0.680 bits per heavy atom. The molecule has 1 unspecified atom stereocenters. The van der Waals surface area contributed by atoms with Crippen LogP contribution >= 0.6 is 11.6 Å². The summed E-state index contributed by atoms with van der Waals surface area (Å²) in [7, 11) is 0. The fraction of sp³-hybridized carbons (Fsp3) is 0.0909. The molecule has 0 saturated heterocycles. The third-order valence-electron chi connectivity index (χ3n) is 4.30. The number of amidine groups is 1. The quantitative estimate of drug-likeness (QED) is 0.566. The Morgan fingerprint density at radius 2 is 1.24 bits per heavy atom. The summed E-state index contributed by atoms with van der Waals surface area (Å²) in [4.78, 5) is 9.25. The zero-order valence-corrected chi connectivity index (χ0v) is 14.4. The first-order chi connectivity index (χ1) is 12.3. The maximum absolute atomic E-state index is 6.30. The molecular weight excluding hydrogens is 328 g/mol. The second-order valence-electron chi connectivity index (χ2n) is 6.01. The van der Waals surface area contributed by atoms with Gasteiger partial charge in [0.15, 0.2) is 5.84 Å². The van der Waals surface area contributed by atoms with Crippen LogP contribution in [0.5, 0.6) is 0 Å². The first-order valence-corrected chi connectivity index (χ1v) is 8.69. The van der Waals surface area contributed by atoms with Gasteiger partial charge in [0, 0.05) is 12.0 Å². The number of benzene rings is 3. The fourth-order valence-electron chi connectivity index (χ4n) is 2.99. The molecule has 0 spiro atoms. The van der Waals surface area contributed by atoms with E-state index in [0.717, 1.165) is 11.1 Å². The molecule has 0 N–H and O–H groups in total. The second kappa shape index (κ2) is 7.04. The molecule has 0 fully saturated rings. The molecule has 25 heavy (non-hydrogen) atoms. The average Bonchev–Trinajstić information content (AvgIpc) is 2.69. The highest BCUT2D eigenvalue weighted by molar-refractivity contribution is 6.66. The predicted octanol–water partition coefficient (Wildman–Crippen LogP) is 5.88. The van der Waals surface area contributed by atoms with Crippen LogP contribution in [0, 0.1) is 0 Å². The minimum absolute atomic E-state index is 0.00466. The normalized spacial score (nSPS) is 16.9. The SMILES string of the molecule is ClC1=NC(c2ccccc2)=NC(c2ccc(-c3ccccc3)cc2)C1. The topological polar surface area (TPSA) is 24.7 Å². The summed E-state index contributed by atoms with van der Waals surface area (Å²) >= 11 is 6.30. The molecule has 0 bridgehead atoms. The van der Waals surface area contributed by atoms with E-state index in [2.05, 4.69) is 53.5 Å². The number of hydrogen-bond acceptors (Lipinski definition) is 2. The number of aliphatic imine (C=N–C) groups is 2. The molecule has 1 aliphatic heterocycles. The summed E-state index contributed by atoms with van der Waals surface area (Å²) < 4.78 is 0. The molecule has 3 aromatic carbocycles. The van der Waals surface area contributed by atoms with Gasteiger partial charge in [-0.2, -0.15) is 0 Å².